The lowest BCUT2D eigenvalue weighted by atomic mass is 10.1. The minimum Gasteiger partial charge on any atom is -0.340 e. The van der Waals surface area contributed by atoms with E-state index in [0.29, 0.717) is 30.5 Å². The smallest absolute Gasteiger partial charge is 0.282 e. The highest BCUT2D eigenvalue weighted by Gasteiger charge is 2.30. The van der Waals surface area contributed by atoms with Crippen LogP contribution in [0.5, 0.6) is 0 Å². The van der Waals surface area contributed by atoms with Crippen molar-refractivity contribution in [1.29, 1.82) is 0 Å². The molecule has 2 aromatic carbocycles. The maximum absolute atomic E-state index is 12.5. The van der Waals surface area contributed by atoms with Gasteiger partial charge in [0.2, 0.25) is 16.0 Å². The van der Waals surface area contributed by atoms with Gasteiger partial charge in [-0.25, -0.2) is 18.5 Å². The maximum Gasteiger partial charge on any atom is 0.282 e. The highest BCUT2D eigenvalue weighted by Crippen LogP contribution is 2.30. The molecule has 11 nitrogen and oxygen atoms in total. The summed E-state index contributed by atoms with van der Waals surface area (Å²) in [7, 11) is -4.23. The van der Waals surface area contributed by atoms with Crippen LogP contribution in [0.3, 0.4) is 0 Å². The molecule has 2 heterocycles. The summed E-state index contributed by atoms with van der Waals surface area (Å²) in [5.74, 6) is 0.898. The lowest BCUT2D eigenvalue weighted by Gasteiger charge is -2.20. The zero-order valence-electron chi connectivity index (χ0n) is 18.8. The fourth-order valence-electron chi connectivity index (χ4n) is 3.46. The van der Waals surface area contributed by atoms with Crippen LogP contribution in [0.1, 0.15) is 16.7 Å². The van der Waals surface area contributed by atoms with Gasteiger partial charge in [-0.2, -0.15) is 22.0 Å². The molecule has 1 aromatic heterocycles. The monoisotopic (exact) mass is 503 g/mol. The average molecular weight is 504 g/mol. The molecule has 0 saturated heterocycles. The average Bonchev–Trinajstić information content (AvgIpc) is 3.20. The molecule has 13 heteroatoms. The number of benzene rings is 2. The number of hydrogen-bond acceptors (Lipinski definition) is 8. The van der Waals surface area contributed by atoms with Crippen LogP contribution >= 0.6 is 0 Å². The summed E-state index contributed by atoms with van der Waals surface area (Å²) in [5, 5.41) is 11.4. The third-order valence-corrected chi connectivity index (χ3v) is 8.12. The van der Waals surface area contributed by atoms with E-state index < -0.39 is 20.2 Å². The number of sulfonamides is 1. The minimum atomic E-state index is -3.77. The van der Waals surface area contributed by atoms with Crippen molar-refractivity contribution < 1.29 is 16.8 Å². The molecule has 3 aromatic rings. The number of aromatic nitrogens is 2. The molecule has 0 amide bonds. The lowest BCUT2D eigenvalue weighted by molar-refractivity contribution is 0.388. The van der Waals surface area contributed by atoms with Gasteiger partial charge in [-0.15, -0.1) is 0 Å². The second-order valence-corrected chi connectivity index (χ2v) is 11.8. The van der Waals surface area contributed by atoms with Crippen molar-refractivity contribution >= 4 is 43.4 Å². The molecule has 0 fully saturated rings. The maximum atomic E-state index is 12.5. The molecule has 1 aliphatic rings. The Morgan fingerprint density at radius 3 is 2.24 bits per heavy atom. The van der Waals surface area contributed by atoms with Crippen LogP contribution in [0.4, 0.5) is 23.1 Å². The number of hydrogen-bond donors (Lipinski definition) is 3. The van der Waals surface area contributed by atoms with E-state index in [0.717, 1.165) is 22.4 Å². The highest BCUT2D eigenvalue weighted by molar-refractivity contribution is 7.89. The van der Waals surface area contributed by atoms with E-state index in [9.17, 15) is 16.8 Å². The zero-order chi connectivity index (χ0) is 24.7. The van der Waals surface area contributed by atoms with Gasteiger partial charge in [0.05, 0.1) is 4.90 Å². The Balaban J connectivity index is 1.51. The Bertz CT molecular complexity index is 1440. The number of primary sulfonamides is 1. The van der Waals surface area contributed by atoms with Crippen molar-refractivity contribution in [2.45, 2.75) is 24.9 Å². The Labute approximate surface area is 198 Å². The second-order valence-electron chi connectivity index (χ2n) is 8.09. The van der Waals surface area contributed by atoms with Gasteiger partial charge in [-0.1, -0.05) is 6.07 Å². The van der Waals surface area contributed by atoms with Gasteiger partial charge in [-0.05, 0) is 54.4 Å². The number of fused-ring (bicyclic) bond motifs is 1. The standard InChI is InChI=1S/C21H25N7O4S2/c1-14-11-23-21(25-17-6-8-19(9-7-17)33(22,29)30)26-20(14)24-18-5-4-15-12-28(13-16(15)10-18)34(31,32)27(2)3/h4-11H,12-13H2,1-3H3,(H2,22,29,30)(H2,23,24,25,26). The fourth-order valence-corrected chi connectivity index (χ4v) is 5.04. The number of nitrogens with zero attached hydrogens (tertiary/aromatic N) is 4. The van der Waals surface area contributed by atoms with Crippen molar-refractivity contribution in [2.75, 3.05) is 24.7 Å². The molecule has 0 spiro atoms. The van der Waals surface area contributed by atoms with E-state index in [2.05, 4.69) is 20.6 Å². The summed E-state index contributed by atoms with van der Waals surface area (Å²) in [6.07, 6.45) is 1.66. The number of nitrogens with one attached hydrogen (secondary N) is 2. The SMILES string of the molecule is Cc1cnc(Nc2ccc(S(N)(=O)=O)cc2)nc1Nc1ccc2c(c1)CN(S(=O)(=O)N(C)C)C2. The Morgan fingerprint density at radius 2 is 1.59 bits per heavy atom. The molecular formula is C21H25N7O4S2. The lowest BCUT2D eigenvalue weighted by Crippen LogP contribution is -2.36. The van der Waals surface area contributed by atoms with Crippen LogP contribution in [0.25, 0.3) is 0 Å². The van der Waals surface area contributed by atoms with Gasteiger partial charge >= 0.3 is 0 Å². The summed E-state index contributed by atoms with van der Waals surface area (Å²) in [6, 6.07) is 11.6. The summed E-state index contributed by atoms with van der Waals surface area (Å²) in [5.41, 5.74) is 4.07. The van der Waals surface area contributed by atoms with E-state index in [1.54, 1.807) is 18.3 Å². The van der Waals surface area contributed by atoms with Crippen molar-refractivity contribution in [3.63, 3.8) is 0 Å². The summed E-state index contributed by atoms with van der Waals surface area (Å²) in [4.78, 5) is 8.80. The van der Waals surface area contributed by atoms with Gasteiger partial charge in [0.15, 0.2) is 0 Å². The molecule has 0 aliphatic carbocycles. The molecule has 34 heavy (non-hydrogen) atoms. The molecule has 0 atom stereocenters. The van der Waals surface area contributed by atoms with Gasteiger partial charge in [0.25, 0.3) is 10.2 Å². The van der Waals surface area contributed by atoms with E-state index >= 15 is 0 Å². The summed E-state index contributed by atoms with van der Waals surface area (Å²) >= 11 is 0. The molecule has 0 radical (unpaired) electrons. The van der Waals surface area contributed by atoms with Crippen LogP contribution in [0, 0.1) is 6.92 Å². The molecule has 4 N–H and O–H groups in total. The van der Waals surface area contributed by atoms with Gasteiger partial charge in [0, 0.05) is 50.3 Å². The Morgan fingerprint density at radius 1 is 0.941 bits per heavy atom. The van der Waals surface area contributed by atoms with Crippen LogP contribution in [-0.4, -0.2) is 49.5 Å². The molecule has 1 aliphatic heterocycles. The second kappa shape index (κ2) is 8.92. The highest BCUT2D eigenvalue weighted by atomic mass is 32.2. The first kappa shape index (κ1) is 24.0. The van der Waals surface area contributed by atoms with Gasteiger partial charge in [-0.3, -0.25) is 0 Å². The van der Waals surface area contributed by atoms with Crippen molar-refractivity contribution in [1.82, 2.24) is 18.6 Å². The predicted molar refractivity (Wildman–Crippen MR) is 129 cm³/mol. The van der Waals surface area contributed by atoms with E-state index in [4.69, 9.17) is 5.14 Å². The number of nitrogens with two attached hydrogens (primary N) is 1. The molecule has 0 unspecified atom stereocenters. The molecule has 180 valence electrons. The Kier molecular flexibility index (Phi) is 6.31. The Hall–Kier alpha value is -3.10. The van der Waals surface area contributed by atoms with Crippen molar-refractivity contribution in [3.05, 3.63) is 65.4 Å². The van der Waals surface area contributed by atoms with E-state index in [1.807, 2.05) is 25.1 Å². The van der Waals surface area contributed by atoms with Crippen LogP contribution in [-0.2, 0) is 33.3 Å². The summed E-state index contributed by atoms with van der Waals surface area (Å²) < 4.78 is 50.4. The van der Waals surface area contributed by atoms with Crippen molar-refractivity contribution in [2.24, 2.45) is 5.14 Å². The van der Waals surface area contributed by atoms with E-state index in [1.165, 1.54) is 34.8 Å². The number of rotatable bonds is 7. The van der Waals surface area contributed by atoms with Crippen LogP contribution in [0.2, 0.25) is 0 Å². The largest absolute Gasteiger partial charge is 0.340 e. The quantitative estimate of drug-likeness (QED) is 0.443. The summed E-state index contributed by atoms with van der Waals surface area (Å²) in [6.45, 7) is 2.50. The first-order chi connectivity index (χ1) is 15.9. The minimum absolute atomic E-state index is 0.0128. The van der Waals surface area contributed by atoms with Crippen molar-refractivity contribution in [3.8, 4) is 0 Å². The first-order valence-corrected chi connectivity index (χ1v) is 13.2. The molecule has 0 saturated carbocycles. The fraction of sp³-hybridized carbons (Fsp3) is 0.238. The third-order valence-electron chi connectivity index (χ3n) is 5.36. The molecule has 4 rings (SSSR count). The van der Waals surface area contributed by atoms with E-state index in [-0.39, 0.29) is 4.90 Å². The number of anilines is 4. The zero-order valence-corrected chi connectivity index (χ0v) is 20.5. The first-order valence-electron chi connectivity index (χ1n) is 10.2. The normalized spacial score (nSPS) is 14.3. The molecule has 0 bridgehead atoms. The third kappa shape index (κ3) is 5.03. The van der Waals surface area contributed by atoms with Crippen LogP contribution < -0.4 is 15.8 Å². The topological polar surface area (TPSA) is 151 Å². The number of aryl methyl sites for hydroxylation is 1. The predicted octanol–water partition coefficient (Wildman–Crippen LogP) is 2.04. The van der Waals surface area contributed by atoms with Gasteiger partial charge in [0.1, 0.15) is 5.82 Å². The van der Waals surface area contributed by atoms with Crippen LogP contribution in [0.15, 0.2) is 53.6 Å². The van der Waals surface area contributed by atoms with Gasteiger partial charge < -0.3 is 10.6 Å². The molecular weight excluding hydrogens is 478 g/mol.